The van der Waals surface area contributed by atoms with Crippen molar-refractivity contribution >= 4 is 33.4 Å². The van der Waals surface area contributed by atoms with Crippen molar-refractivity contribution < 1.29 is 4.79 Å². The molecule has 0 aliphatic carbocycles. The third kappa shape index (κ3) is 2.08. The van der Waals surface area contributed by atoms with E-state index in [2.05, 4.69) is 15.4 Å². The van der Waals surface area contributed by atoms with Crippen LogP contribution in [0.2, 0.25) is 0 Å². The molecule has 0 aromatic carbocycles. The second-order valence-electron chi connectivity index (χ2n) is 4.40. The standard InChI is InChI=1S/C11H14N6OS/c1-16-3-4-17(11(16)18)6-8-13-9(15-12)7-2-5-19-10(7)14-8/h2,5H,3-4,6,12H2,1H3,(H,13,14,15). The molecule has 3 rings (SSSR count). The number of fused-ring (bicyclic) bond motifs is 1. The van der Waals surface area contributed by atoms with Crippen LogP contribution in [0.4, 0.5) is 10.6 Å². The van der Waals surface area contributed by atoms with Crippen molar-refractivity contribution in [3.8, 4) is 0 Å². The lowest BCUT2D eigenvalue weighted by Gasteiger charge is -2.15. The zero-order chi connectivity index (χ0) is 13.4. The molecule has 1 fully saturated rings. The summed E-state index contributed by atoms with van der Waals surface area (Å²) in [7, 11) is 1.79. The fraction of sp³-hybridized carbons (Fsp3) is 0.364. The van der Waals surface area contributed by atoms with Gasteiger partial charge in [0.2, 0.25) is 0 Å². The number of nitrogens with one attached hydrogen (secondary N) is 1. The Labute approximate surface area is 114 Å². The Balaban J connectivity index is 1.91. The van der Waals surface area contributed by atoms with E-state index >= 15 is 0 Å². The maximum absolute atomic E-state index is 11.8. The van der Waals surface area contributed by atoms with E-state index in [0.717, 1.165) is 16.8 Å². The molecule has 0 radical (unpaired) electrons. The minimum Gasteiger partial charge on any atom is -0.326 e. The molecule has 100 valence electrons. The molecule has 1 aliphatic heterocycles. The van der Waals surface area contributed by atoms with Crippen LogP contribution in [0, 0.1) is 0 Å². The number of aromatic nitrogens is 2. The molecule has 8 heteroatoms. The van der Waals surface area contributed by atoms with Gasteiger partial charge in [0.1, 0.15) is 4.83 Å². The van der Waals surface area contributed by atoms with Gasteiger partial charge in [-0.25, -0.2) is 20.6 Å². The first-order chi connectivity index (χ1) is 9.19. The fourth-order valence-corrected chi connectivity index (χ4v) is 2.88. The zero-order valence-electron chi connectivity index (χ0n) is 10.5. The molecule has 1 saturated heterocycles. The van der Waals surface area contributed by atoms with Gasteiger partial charge in [0.25, 0.3) is 0 Å². The number of hydrazine groups is 1. The van der Waals surface area contributed by atoms with Gasteiger partial charge in [-0.3, -0.25) is 0 Å². The van der Waals surface area contributed by atoms with Crippen LogP contribution in [0.5, 0.6) is 0 Å². The predicted octanol–water partition coefficient (Wildman–Crippen LogP) is 0.844. The molecule has 0 atom stereocenters. The summed E-state index contributed by atoms with van der Waals surface area (Å²) in [6.07, 6.45) is 0. The van der Waals surface area contributed by atoms with Gasteiger partial charge in [0, 0.05) is 20.1 Å². The number of rotatable bonds is 3. The number of nitrogen functional groups attached to an aromatic ring is 1. The van der Waals surface area contributed by atoms with Gasteiger partial charge in [-0.05, 0) is 11.4 Å². The molecule has 0 bridgehead atoms. The number of carbonyl (C=O) groups is 1. The number of nitrogens with two attached hydrogens (primary N) is 1. The lowest BCUT2D eigenvalue weighted by Crippen LogP contribution is -2.29. The molecule has 0 spiro atoms. The van der Waals surface area contributed by atoms with Crippen LogP contribution in [0.25, 0.3) is 10.2 Å². The van der Waals surface area contributed by atoms with Crippen LogP contribution >= 0.6 is 11.3 Å². The van der Waals surface area contributed by atoms with Crippen LogP contribution in [0.15, 0.2) is 11.4 Å². The SMILES string of the molecule is CN1CCN(Cc2nc(NN)c3ccsc3n2)C1=O. The average Bonchev–Trinajstić information content (AvgIpc) is 2.99. The Kier molecular flexibility index (Phi) is 2.96. The lowest BCUT2D eigenvalue weighted by atomic mass is 10.3. The van der Waals surface area contributed by atoms with Crippen molar-refractivity contribution in [1.82, 2.24) is 19.8 Å². The number of anilines is 1. The molecule has 7 nitrogen and oxygen atoms in total. The number of amides is 2. The molecule has 2 amide bonds. The summed E-state index contributed by atoms with van der Waals surface area (Å²) in [6, 6.07) is 1.94. The fourth-order valence-electron chi connectivity index (χ4n) is 2.10. The summed E-state index contributed by atoms with van der Waals surface area (Å²) in [6.45, 7) is 1.85. The first-order valence-electron chi connectivity index (χ1n) is 5.90. The van der Waals surface area contributed by atoms with E-state index in [0.29, 0.717) is 24.7 Å². The second-order valence-corrected chi connectivity index (χ2v) is 5.29. The molecular formula is C11H14N6OS. The summed E-state index contributed by atoms with van der Waals surface area (Å²) in [5, 5.41) is 2.85. The quantitative estimate of drug-likeness (QED) is 0.642. The van der Waals surface area contributed by atoms with Gasteiger partial charge >= 0.3 is 6.03 Å². The normalized spacial score (nSPS) is 15.6. The molecule has 3 heterocycles. The number of hydrogen-bond donors (Lipinski definition) is 2. The Morgan fingerprint density at radius 2 is 2.32 bits per heavy atom. The van der Waals surface area contributed by atoms with Gasteiger partial charge in [-0.15, -0.1) is 11.3 Å². The van der Waals surface area contributed by atoms with Crippen molar-refractivity contribution in [2.45, 2.75) is 6.54 Å². The van der Waals surface area contributed by atoms with Crippen LogP contribution in [0.1, 0.15) is 5.82 Å². The lowest BCUT2D eigenvalue weighted by molar-refractivity contribution is 0.196. The van der Waals surface area contributed by atoms with Crippen LogP contribution < -0.4 is 11.3 Å². The average molecular weight is 278 g/mol. The van der Waals surface area contributed by atoms with Crippen molar-refractivity contribution in [1.29, 1.82) is 0 Å². The highest BCUT2D eigenvalue weighted by Gasteiger charge is 2.26. The number of urea groups is 1. The number of carbonyl (C=O) groups excluding carboxylic acids is 1. The topological polar surface area (TPSA) is 87.4 Å². The predicted molar refractivity (Wildman–Crippen MR) is 73.7 cm³/mol. The first-order valence-corrected chi connectivity index (χ1v) is 6.78. The van der Waals surface area contributed by atoms with Gasteiger partial charge in [-0.1, -0.05) is 0 Å². The van der Waals surface area contributed by atoms with E-state index in [4.69, 9.17) is 5.84 Å². The van der Waals surface area contributed by atoms with Crippen LogP contribution in [-0.4, -0.2) is 45.9 Å². The summed E-state index contributed by atoms with van der Waals surface area (Å²) in [4.78, 5) is 25.0. The molecule has 19 heavy (non-hydrogen) atoms. The molecule has 2 aromatic heterocycles. The highest BCUT2D eigenvalue weighted by atomic mass is 32.1. The molecule has 0 unspecified atom stereocenters. The first kappa shape index (κ1) is 12.1. The van der Waals surface area contributed by atoms with Crippen LogP contribution in [0.3, 0.4) is 0 Å². The smallest absolute Gasteiger partial charge is 0.320 e. The monoisotopic (exact) mass is 278 g/mol. The molecule has 3 N–H and O–H groups in total. The van der Waals surface area contributed by atoms with Crippen molar-refractivity contribution in [2.24, 2.45) is 5.84 Å². The molecule has 1 aliphatic rings. The van der Waals surface area contributed by atoms with Crippen LogP contribution in [-0.2, 0) is 6.54 Å². The Bertz CT molecular complexity index is 627. The third-order valence-electron chi connectivity index (χ3n) is 3.14. The number of hydrogen-bond acceptors (Lipinski definition) is 6. The van der Waals surface area contributed by atoms with E-state index in [1.807, 2.05) is 11.4 Å². The minimum atomic E-state index is 0.0112. The maximum atomic E-state index is 11.8. The minimum absolute atomic E-state index is 0.0112. The number of thiophene rings is 1. The molecule has 0 saturated carbocycles. The summed E-state index contributed by atoms with van der Waals surface area (Å²) >= 11 is 1.53. The highest BCUT2D eigenvalue weighted by molar-refractivity contribution is 7.16. The Morgan fingerprint density at radius 1 is 1.47 bits per heavy atom. The Hall–Kier alpha value is -1.93. The molecular weight excluding hydrogens is 264 g/mol. The summed E-state index contributed by atoms with van der Waals surface area (Å²) in [5.74, 6) is 6.68. The van der Waals surface area contributed by atoms with E-state index in [1.54, 1.807) is 16.8 Å². The van der Waals surface area contributed by atoms with Crippen molar-refractivity contribution in [3.63, 3.8) is 0 Å². The Morgan fingerprint density at radius 3 is 3.00 bits per heavy atom. The summed E-state index contributed by atoms with van der Waals surface area (Å²) < 4.78 is 0. The van der Waals surface area contributed by atoms with Gasteiger partial charge < -0.3 is 15.2 Å². The van der Waals surface area contributed by atoms with Gasteiger partial charge in [0.15, 0.2) is 11.6 Å². The third-order valence-corrected chi connectivity index (χ3v) is 3.95. The van der Waals surface area contributed by atoms with Crippen molar-refractivity contribution in [2.75, 3.05) is 25.6 Å². The second kappa shape index (κ2) is 4.63. The van der Waals surface area contributed by atoms with E-state index in [-0.39, 0.29) is 6.03 Å². The van der Waals surface area contributed by atoms with Crippen molar-refractivity contribution in [3.05, 3.63) is 17.3 Å². The molecule has 2 aromatic rings. The van der Waals surface area contributed by atoms with Gasteiger partial charge in [-0.2, -0.15) is 0 Å². The maximum Gasteiger partial charge on any atom is 0.320 e. The zero-order valence-corrected chi connectivity index (χ0v) is 11.3. The van der Waals surface area contributed by atoms with Gasteiger partial charge in [0.05, 0.1) is 11.9 Å². The highest BCUT2D eigenvalue weighted by Crippen LogP contribution is 2.25. The number of likely N-dealkylation sites (N-methyl/N-ethyl adjacent to an activating group) is 1. The number of nitrogens with zero attached hydrogens (tertiary/aromatic N) is 4. The summed E-state index contributed by atoms with van der Waals surface area (Å²) in [5.41, 5.74) is 2.58. The van der Waals surface area contributed by atoms with E-state index in [1.165, 1.54) is 11.3 Å². The van der Waals surface area contributed by atoms with E-state index in [9.17, 15) is 4.79 Å². The largest absolute Gasteiger partial charge is 0.326 e. The van der Waals surface area contributed by atoms with E-state index < -0.39 is 0 Å².